The van der Waals surface area contributed by atoms with E-state index in [2.05, 4.69) is 10.6 Å². The average molecular weight is 643 g/mol. The molecule has 0 aliphatic carbocycles. The molecule has 120 valence electrons. The topological polar surface area (TPSA) is 122 Å². The van der Waals surface area contributed by atoms with Gasteiger partial charge in [-0.2, -0.15) is 0 Å². The van der Waals surface area contributed by atoms with Crippen molar-refractivity contribution in [1.82, 2.24) is 10.6 Å². The van der Waals surface area contributed by atoms with E-state index in [-0.39, 0.29) is 26.3 Å². The zero-order valence-electron chi connectivity index (χ0n) is 11.5. The summed E-state index contributed by atoms with van der Waals surface area (Å²) in [7, 11) is 1.46. The van der Waals surface area contributed by atoms with Crippen molar-refractivity contribution in [3.8, 4) is 0 Å². The standard InChI is InChI=1S/C12H12I3N3O4/c1-3(10(19)17-2)18-11(20)4-6(13)5(12(21)22)8(15)9(16)7(4)14/h3H,16H2,1-2H3,(H,17,19)(H,18,20)(H,21,22)/t3-/m0/s1. The molecule has 0 aromatic heterocycles. The summed E-state index contributed by atoms with van der Waals surface area (Å²) < 4.78 is 1.13. The maximum atomic E-state index is 12.4. The Hall–Kier alpha value is -0.380. The van der Waals surface area contributed by atoms with Gasteiger partial charge in [0.05, 0.1) is 24.0 Å². The maximum Gasteiger partial charge on any atom is 0.337 e. The minimum Gasteiger partial charge on any atom is -0.478 e. The third-order valence-corrected chi connectivity index (χ3v) is 6.10. The number of amides is 2. The number of carboxylic acids is 1. The molecule has 10 heteroatoms. The van der Waals surface area contributed by atoms with Gasteiger partial charge in [-0.15, -0.1) is 0 Å². The molecule has 0 fully saturated rings. The highest BCUT2D eigenvalue weighted by atomic mass is 127. The van der Waals surface area contributed by atoms with Crippen molar-refractivity contribution in [3.63, 3.8) is 0 Å². The fraction of sp³-hybridized carbons (Fsp3) is 0.250. The van der Waals surface area contributed by atoms with E-state index in [1.807, 2.05) is 45.2 Å². The van der Waals surface area contributed by atoms with Gasteiger partial charge in [-0.05, 0) is 74.7 Å². The smallest absolute Gasteiger partial charge is 0.337 e. The number of nitrogens with two attached hydrogens (primary N) is 1. The number of nitrogen functional groups attached to an aromatic ring is 1. The van der Waals surface area contributed by atoms with E-state index in [0.717, 1.165) is 0 Å². The average Bonchev–Trinajstić information content (AvgIpc) is 2.43. The van der Waals surface area contributed by atoms with Gasteiger partial charge in [0.15, 0.2) is 0 Å². The summed E-state index contributed by atoms with van der Waals surface area (Å²) in [6, 6.07) is -0.752. The highest BCUT2D eigenvalue weighted by molar-refractivity contribution is 14.1. The lowest BCUT2D eigenvalue weighted by atomic mass is 10.1. The molecule has 1 rings (SSSR count). The van der Waals surface area contributed by atoms with Crippen LogP contribution in [-0.4, -0.2) is 36.0 Å². The van der Waals surface area contributed by atoms with Crippen LogP contribution in [0.5, 0.6) is 0 Å². The Labute approximate surface area is 167 Å². The van der Waals surface area contributed by atoms with Crippen LogP contribution in [0.25, 0.3) is 0 Å². The van der Waals surface area contributed by atoms with E-state index in [9.17, 15) is 19.5 Å². The van der Waals surface area contributed by atoms with Crippen molar-refractivity contribution in [3.05, 3.63) is 21.8 Å². The Balaban J connectivity index is 3.39. The van der Waals surface area contributed by atoms with Crippen molar-refractivity contribution >= 4 is 91.2 Å². The monoisotopic (exact) mass is 643 g/mol. The van der Waals surface area contributed by atoms with E-state index < -0.39 is 17.9 Å². The molecule has 0 heterocycles. The van der Waals surface area contributed by atoms with Gasteiger partial charge in [-0.3, -0.25) is 9.59 Å². The molecule has 1 aromatic carbocycles. The van der Waals surface area contributed by atoms with E-state index in [4.69, 9.17) is 5.73 Å². The molecule has 0 spiro atoms. The predicted octanol–water partition coefficient (Wildman–Crippen LogP) is 1.65. The number of carboxylic acid groups (broad SMARTS) is 1. The molecular formula is C12H12I3N3O4. The van der Waals surface area contributed by atoms with Crippen LogP contribution in [0.1, 0.15) is 27.6 Å². The lowest BCUT2D eigenvalue weighted by Gasteiger charge is -2.17. The molecule has 0 radical (unpaired) electrons. The van der Waals surface area contributed by atoms with Crippen LogP contribution in [0.4, 0.5) is 5.69 Å². The second-order valence-electron chi connectivity index (χ2n) is 4.22. The summed E-state index contributed by atoms with van der Waals surface area (Å²) in [5.74, 6) is -2.06. The lowest BCUT2D eigenvalue weighted by Crippen LogP contribution is -2.44. The molecule has 0 unspecified atom stereocenters. The van der Waals surface area contributed by atoms with E-state index >= 15 is 0 Å². The third-order valence-electron chi connectivity index (χ3n) is 2.78. The zero-order valence-corrected chi connectivity index (χ0v) is 17.9. The van der Waals surface area contributed by atoms with Gasteiger partial charge in [0.25, 0.3) is 5.91 Å². The van der Waals surface area contributed by atoms with Gasteiger partial charge in [-0.25, -0.2) is 4.79 Å². The van der Waals surface area contributed by atoms with Crippen molar-refractivity contribution < 1.29 is 19.5 Å². The molecule has 5 N–H and O–H groups in total. The van der Waals surface area contributed by atoms with Gasteiger partial charge in [0.1, 0.15) is 6.04 Å². The molecule has 0 aliphatic heterocycles. The number of hydrogen-bond acceptors (Lipinski definition) is 4. The van der Waals surface area contributed by atoms with E-state index in [1.54, 1.807) is 22.6 Å². The molecule has 1 atom stereocenters. The summed E-state index contributed by atoms with van der Waals surface area (Å²) in [6.07, 6.45) is 0. The molecular weight excluding hydrogens is 631 g/mol. The van der Waals surface area contributed by atoms with Gasteiger partial charge >= 0.3 is 5.97 Å². The summed E-state index contributed by atoms with van der Waals surface area (Å²) in [6.45, 7) is 1.53. The van der Waals surface area contributed by atoms with Crippen LogP contribution in [0.2, 0.25) is 0 Å². The molecule has 0 saturated carbocycles. The first-order valence-electron chi connectivity index (χ1n) is 5.85. The van der Waals surface area contributed by atoms with Gasteiger partial charge in [0, 0.05) is 10.6 Å². The summed E-state index contributed by atoms with van der Waals surface area (Å²) >= 11 is 5.54. The lowest BCUT2D eigenvalue weighted by molar-refractivity contribution is -0.122. The van der Waals surface area contributed by atoms with Crippen LogP contribution in [0, 0.1) is 10.7 Å². The Bertz CT molecular complexity index is 664. The normalized spacial score (nSPS) is 11.7. The van der Waals surface area contributed by atoms with Crippen LogP contribution in [-0.2, 0) is 4.79 Å². The summed E-state index contributed by atoms with van der Waals surface area (Å²) in [5, 5.41) is 14.3. The number of anilines is 1. The van der Waals surface area contributed by atoms with Gasteiger partial charge < -0.3 is 21.5 Å². The highest BCUT2D eigenvalue weighted by Gasteiger charge is 2.27. The van der Waals surface area contributed by atoms with Crippen LogP contribution in [0.15, 0.2) is 0 Å². The fourth-order valence-electron chi connectivity index (χ4n) is 1.62. The molecule has 0 saturated heterocycles. The van der Waals surface area contributed by atoms with Crippen LogP contribution < -0.4 is 16.4 Å². The highest BCUT2D eigenvalue weighted by Crippen LogP contribution is 2.33. The first kappa shape index (κ1) is 19.7. The zero-order chi connectivity index (χ0) is 17.2. The number of likely N-dealkylation sites (N-methyl/N-ethyl adjacent to an activating group) is 1. The predicted molar refractivity (Wildman–Crippen MR) is 107 cm³/mol. The summed E-state index contributed by atoms with van der Waals surface area (Å²) in [5.41, 5.74) is 6.28. The van der Waals surface area contributed by atoms with Gasteiger partial charge in [0.2, 0.25) is 5.91 Å². The second-order valence-corrected chi connectivity index (χ2v) is 7.46. The van der Waals surface area contributed by atoms with E-state index in [0.29, 0.717) is 7.14 Å². The van der Waals surface area contributed by atoms with Crippen molar-refractivity contribution in [2.45, 2.75) is 13.0 Å². The minimum absolute atomic E-state index is 0.0168. The maximum absolute atomic E-state index is 12.4. The van der Waals surface area contributed by atoms with Crippen molar-refractivity contribution in [1.29, 1.82) is 0 Å². The molecule has 0 aliphatic rings. The number of nitrogens with one attached hydrogen (secondary N) is 2. The fourth-order valence-corrected chi connectivity index (χ4v) is 5.74. The number of carbonyl (C=O) groups excluding carboxylic acids is 2. The molecule has 1 aromatic rings. The van der Waals surface area contributed by atoms with Crippen LogP contribution >= 0.6 is 67.8 Å². The van der Waals surface area contributed by atoms with Crippen molar-refractivity contribution in [2.24, 2.45) is 0 Å². The second kappa shape index (κ2) is 7.94. The van der Waals surface area contributed by atoms with Crippen molar-refractivity contribution in [2.75, 3.05) is 12.8 Å². The Morgan fingerprint density at radius 1 is 1.09 bits per heavy atom. The number of rotatable bonds is 4. The first-order chi connectivity index (χ1) is 10.1. The van der Waals surface area contributed by atoms with Gasteiger partial charge in [-0.1, -0.05) is 0 Å². The van der Waals surface area contributed by atoms with Crippen LogP contribution in [0.3, 0.4) is 0 Å². The Kier molecular flexibility index (Phi) is 7.10. The Morgan fingerprint density at radius 3 is 2.05 bits per heavy atom. The number of hydrogen-bond donors (Lipinski definition) is 4. The SMILES string of the molecule is CNC(=O)[C@H](C)NC(=O)c1c(I)c(N)c(I)c(C(=O)O)c1I. The molecule has 22 heavy (non-hydrogen) atoms. The number of carbonyl (C=O) groups is 3. The third kappa shape index (κ3) is 3.93. The number of aromatic carboxylic acids is 1. The molecule has 0 bridgehead atoms. The number of benzene rings is 1. The largest absolute Gasteiger partial charge is 0.478 e. The van der Waals surface area contributed by atoms with E-state index in [1.165, 1.54) is 14.0 Å². The molecule has 7 nitrogen and oxygen atoms in total. The summed E-state index contributed by atoms with van der Waals surface area (Å²) in [4.78, 5) is 35.3. The quantitative estimate of drug-likeness (QED) is 0.294. The number of halogens is 3. The minimum atomic E-state index is -1.16. The molecule has 2 amide bonds. The Morgan fingerprint density at radius 2 is 1.59 bits per heavy atom. The first-order valence-corrected chi connectivity index (χ1v) is 9.08.